The molecule has 0 amide bonds. The molecule has 0 bridgehead atoms. The molecule has 0 aromatic heterocycles. The normalized spacial score (nSPS) is 23.6. The molecule has 2 aromatic carbocycles. The standard InChI is InChI=1S/C17H18IN/c18-16-11-17(15-9-5-2-6-10-15)19(13-16)12-14-7-3-1-4-8-14/h1-10,16-17H,11-13H2/t16-,17-/m1/s1. The zero-order chi connectivity index (χ0) is 13.1. The maximum Gasteiger partial charge on any atom is 0.0362 e. The molecule has 0 aliphatic carbocycles. The Kier molecular flexibility index (Phi) is 4.18. The molecule has 0 unspecified atom stereocenters. The van der Waals surface area contributed by atoms with Crippen LogP contribution in [0.1, 0.15) is 23.6 Å². The largest absolute Gasteiger partial charge is 0.291 e. The van der Waals surface area contributed by atoms with Crippen LogP contribution in [0.15, 0.2) is 60.7 Å². The van der Waals surface area contributed by atoms with E-state index in [1.807, 2.05) is 0 Å². The predicted molar refractivity (Wildman–Crippen MR) is 88.5 cm³/mol. The molecule has 1 fully saturated rings. The van der Waals surface area contributed by atoms with E-state index < -0.39 is 0 Å². The van der Waals surface area contributed by atoms with E-state index in [9.17, 15) is 0 Å². The van der Waals surface area contributed by atoms with Crippen molar-refractivity contribution in [2.45, 2.75) is 22.9 Å². The minimum absolute atomic E-state index is 0.573. The van der Waals surface area contributed by atoms with Crippen LogP contribution in [0, 0.1) is 0 Å². The number of hydrogen-bond acceptors (Lipinski definition) is 1. The average molecular weight is 363 g/mol. The number of rotatable bonds is 3. The topological polar surface area (TPSA) is 3.24 Å². The van der Waals surface area contributed by atoms with Gasteiger partial charge in [0.05, 0.1) is 0 Å². The Bertz CT molecular complexity index is 511. The number of likely N-dealkylation sites (tertiary alicyclic amines) is 1. The second-order valence-corrected chi connectivity index (χ2v) is 6.94. The fourth-order valence-electron chi connectivity index (χ4n) is 2.86. The Balaban J connectivity index is 1.79. The van der Waals surface area contributed by atoms with E-state index in [1.54, 1.807) is 0 Å². The first kappa shape index (κ1) is 13.1. The van der Waals surface area contributed by atoms with Gasteiger partial charge in [-0.15, -0.1) is 0 Å². The fourth-order valence-corrected chi connectivity index (χ4v) is 3.85. The molecule has 1 aliphatic rings. The maximum absolute atomic E-state index is 2.61. The monoisotopic (exact) mass is 363 g/mol. The highest BCUT2D eigenvalue weighted by molar-refractivity contribution is 14.1. The quantitative estimate of drug-likeness (QED) is 0.576. The smallest absolute Gasteiger partial charge is 0.0362 e. The van der Waals surface area contributed by atoms with Crippen LogP contribution in [0.25, 0.3) is 0 Å². The number of benzene rings is 2. The van der Waals surface area contributed by atoms with Crippen molar-refractivity contribution in [1.82, 2.24) is 4.90 Å². The first-order valence-electron chi connectivity index (χ1n) is 6.80. The van der Waals surface area contributed by atoms with Gasteiger partial charge in [0, 0.05) is 23.1 Å². The van der Waals surface area contributed by atoms with E-state index >= 15 is 0 Å². The molecular formula is C17H18IN. The summed E-state index contributed by atoms with van der Waals surface area (Å²) in [6, 6.07) is 22.3. The zero-order valence-corrected chi connectivity index (χ0v) is 13.0. The van der Waals surface area contributed by atoms with Crippen molar-refractivity contribution in [1.29, 1.82) is 0 Å². The van der Waals surface area contributed by atoms with Crippen LogP contribution in [-0.2, 0) is 6.54 Å². The van der Waals surface area contributed by atoms with E-state index in [1.165, 1.54) is 24.1 Å². The first-order valence-corrected chi connectivity index (χ1v) is 8.04. The van der Waals surface area contributed by atoms with Gasteiger partial charge in [-0.25, -0.2) is 0 Å². The lowest BCUT2D eigenvalue weighted by atomic mass is 10.0. The SMILES string of the molecule is I[C@@H]1C[C@H](c2ccccc2)N(Cc2ccccc2)C1. The molecule has 1 heterocycles. The number of nitrogens with zero attached hydrogens (tertiary/aromatic N) is 1. The van der Waals surface area contributed by atoms with Gasteiger partial charge < -0.3 is 0 Å². The van der Waals surface area contributed by atoms with Crippen LogP contribution >= 0.6 is 22.6 Å². The molecular weight excluding hydrogens is 345 g/mol. The van der Waals surface area contributed by atoms with Gasteiger partial charge in [0.2, 0.25) is 0 Å². The van der Waals surface area contributed by atoms with Crippen molar-refractivity contribution in [3.8, 4) is 0 Å². The zero-order valence-electron chi connectivity index (χ0n) is 10.9. The highest BCUT2D eigenvalue weighted by Gasteiger charge is 2.31. The Labute approximate surface area is 128 Å². The number of halogens is 1. The van der Waals surface area contributed by atoms with Crippen LogP contribution in [0.2, 0.25) is 0 Å². The third kappa shape index (κ3) is 3.18. The molecule has 1 saturated heterocycles. The summed E-state index contributed by atoms with van der Waals surface area (Å²) in [5.74, 6) is 0. The molecule has 0 radical (unpaired) electrons. The van der Waals surface area contributed by atoms with Gasteiger partial charge in [-0.2, -0.15) is 0 Å². The molecule has 0 N–H and O–H groups in total. The van der Waals surface area contributed by atoms with Crippen molar-refractivity contribution in [2.75, 3.05) is 6.54 Å². The fraction of sp³-hybridized carbons (Fsp3) is 0.294. The molecule has 98 valence electrons. The van der Waals surface area contributed by atoms with Gasteiger partial charge in [-0.1, -0.05) is 83.3 Å². The molecule has 2 heteroatoms. The second-order valence-electron chi connectivity index (χ2n) is 5.17. The van der Waals surface area contributed by atoms with Gasteiger partial charge in [0.15, 0.2) is 0 Å². The minimum atomic E-state index is 0.573. The summed E-state index contributed by atoms with van der Waals surface area (Å²) in [6.45, 7) is 2.24. The first-order chi connectivity index (χ1) is 9.33. The Morgan fingerprint density at radius 3 is 2.26 bits per heavy atom. The van der Waals surface area contributed by atoms with Crippen molar-refractivity contribution in [2.24, 2.45) is 0 Å². The highest BCUT2D eigenvalue weighted by atomic mass is 127. The summed E-state index contributed by atoms with van der Waals surface area (Å²) in [4.78, 5) is 2.61. The Hall–Kier alpha value is -0.870. The average Bonchev–Trinajstić information content (AvgIpc) is 2.82. The Morgan fingerprint density at radius 1 is 0.947 bits per heavy atom. The summed E-state index contributed by atoms with van der Waals surface area (Å²) in [5, 5.41) is 0. The molecule has 2 aromatic rings. The van der Waals surface area contributed by atoms with Crippen molar-refractivity contribution < 1.29 is 0 Å². The summed E-state index contributed by atoms with van der Waals surface area (Å²) < 4.78 is 0.756. The van der Waals surface area contributed by atoms with Crippen molar-refractivity contribution in [3.63, 3.8) is 0 Å². The number of hydrogen-bond donors (Lipinski definition) is 0. The Morgan fingerprint density at radius 2 is 1.58 bits per heavy atom. The highest BCUT2D eigenvalue weighted by Crippen LogP contribution is 2.36. The molecule has 3 rings (SSSR count). The summed E-state index contributed by atoms with van der Waals surface area (Å²) in [7, 11) is 0. The van der Waals surface area contributed by atoms with Crippen molar-refractivity contribution in [3.05, 3.63) is 71.8 Å². The third-order valence-electron chi connectivity index (χ3n) is 3.77. The molecule has 0 saturated carbocycles. The van der Waals surface area contributed by atoms with Crippen LogP contribution in [0.4, 0.5) is 0 Å². The molecule has 2 atom stereocenters. The van der Waals surface area contributed by atoms with E-state index in [4.69, 9.17) is 0 Å². The van der Waals surface area contributed by atoms with Crippen LogP contribution in [0.3, 0.4) is 0 Å². The lowest BCUT2D eigenvalue weighted by molar-refractivity contribution is 0.249. The maximum atomic E-state index is 2.61. The van der Waals surface area contributed by atoms with Crippen LogP contribution < -0.4 is 0 Å². The van der Waals surface area contributed by atoms with Crippen LogP contribution in [0.5, 0.6) is 0 Å². The third-order valence-corrected chi connectivity index (χ3v) is 4.67. The lowest BCUT2D eigenvalue weighted by Gasteiger charge is -2.24. The lowest BCUT2D eigenvalue weighted by Crippen LogP contribution is -2.23. The van der Waals surface area contributed by atoms with E-state index in [0.29, 0.717) is 6.04 Å². The summed E-state index contributed by atoms with van der Waals surface area (Å²) in [6.07, 6.45) is 1.26. The van der Waals surface area contributed by atoms with Gasteiger partial charge >= 0.3 is 0 Å². The van der Waals surface area contributed by atoms with E-state index in [0.717, 1.165) is 10.5 Å². The number of alkyl halides is 1. The van der Waals surface area contributed by atoms with Gasteiger partial charge in [-0.3, -0.25) is 4.90 Å². The van der Waals surface area contributed by atoms with Gasteiger partial charge in [0.25, 0.3) is 0 Å². The minimum Gasteiger partial charge on any atom is -0.291 e. The second kappa shape index (κ2) is 6.06. The molecule has 19 heavy (non-hydrogen) atoms. The van der Waals surface area contributed by atoms with E-state index in [-0.39, 0.29) is 0 Å². The predicted octanol–water partition coefficient (Wildman–Crippen LogP) is 4.44. The summed E-state index contributed by atoms with van der Waals surface area (Å²) in [5.41, 5.74) is 2.87. The summed E-state index contributed by atoms with van der Waals surface area (Å²) >= 11 is 2.59. The van der Waals surface area contributed by atoms with Gasteiger partial charge in [-0.05, 0) is 17.5 Å². The molecule has 1 nitrogen and oxygen atoms in total. The molecule has 0 spiro atoms. The van der Waals surface area contributed by atoms with Crippen molar-refractivity contribution >= 4 is 22.6 Å². The van der Waals surface area contributed by atoms with Gasteiger partial charge in [0.1, 0.15) is 0 Å². The molecule has 1 aliphatic heterocycles. The van der Waals surface area contributed by atoms with E-state index in [2.05, 4.69) is 88.2 Å². The van der Waals surface area contributed by atoms with Crippen LogP contribution in [-0.4, -0.2) is 15.4 Å².